The molecule has 0 bridgehead atoms. The molecular formula is C13H23N3. The number of hydrogen-bond acceptors (Lipinski definition) is 3. The van der Waals surface area contributed by atoms with Crippen LogP contribution in [0.25, 0.3) is 0 Å². The van der Waals surface area contributed by atoms with Crippen molar-refractivity contribution in [2.45, 2.75) is 27.7 Å². The van der Waals surface area contributed by atoms with Crippen LogP contribution in [-0.2, 0) is 0 Å². The lowest BCUT2D eigenvalue weighted by Gasteiger charge is -2.25. The number of anilines is 2. The Morgan fingerprint density at radius 2 is 1.88 bits per heavy atom. The lowest BCUT2D eigenvalue weighted by molar-refractivity contribution is 0.304. The Balaban J connectivity index is 2.59. The molecular weight excluding hydrogens is 198 g/mol. The molecule has 1 aromatic heterocycles. The van der Waals surface area contributed by atoms with E-state index in [4.69, 9.17) is 5.73 Å². The fourth-order valence-corrected chi connectivity index (χ4v) is 2.04. The predicted molar refractivity (Wildman–Crippen MR) is 70.3 cm³/mol. The Morgan fingerprint density at radius 3 is 2.38 bits per heavy atom. The number of nitrogens with zero attached hydrogens (tertiary/aromatic N) is 1. The molecule has 16 heavy (non-hydrogen) atoms. The van der Waals surface area contributed by atoms with Crippen molar-refractivity contribution in [3.8, 4) is 0 Å². The van der Waals surface area contributed by atoms with Gasteiger partial charge in [0.2, 0.25) is 0 Å². The van der Waals surface area contributed by atoms with Gasteiger partial charge in [-0.25, -0.2) is 0 Å². The van der Waals surface area contributed by atoms with Crippen molar-refractivity contribution in [3.05, 3.63) is 18.5 Å². The molecule has 3 heteroatoms. The van der Waals surface area contributed by atoms with Crippen LogP contribution in [0.5, 0.6) is 0 Å². The molecule has 3 nitrogen and oxygen atoms in total. The second-order valence-electron chi connectivity index (χ2n) is 5.00. The monoisotopic (exact) mass is 221 g/mol. The van der Waals surface area contributed by atoms with Crippen LogP contribution in [0.2, 0.25) is 0 Å². The van der Waals surface area contributed by atoms with E-state index in [0.717, 1.165) is 12.2 Å². The van der Waals surface area contributed by atoms with Crippen LogP contribution in [0, 0.1) is 17.8 Å². The molecule has 0 radical (unpaired) electrons. The molecule has 1 heterocycles. The van der Waals surface area contributed by atoms with Gasteiger partial charge in [-0.05, 0) is 23.8 Å². The van der Waals surface area contributed by atoms with Gasteiger partial charge in [-0.1, -0.05) is 27.7 Å². The van der Waals surface area contributed by atoms with Gasteiger partial charge >= 0.3 is 0 Å². The molecule has 0 saturated carbocycles. The predicted octanol–water partition coefficient (Wildman–Crippen LogP) is 3.00. The standard InChI is InChI=1S/C13H23N3/c1-9(2)11(10(3)4)7-16-13-5-6-15-8-12(13)14/h5-6,8-11H,7,14H2,1-4H3,(H,15,16). The summed E-state index contributed by atoms with van der Waals surface area (Å²) in [6.45, 7) is 10.0. The quantitative estimate of drug-likeness (QED) is 0.803. The summed E-state index contributed by atoms with van der Waals surface area (Å²) in [5.74, 6) is 2.01. The smallest absolute Gasteiger partial charge is 0.0736 e. The summed E-state index contributed by atoms with van der Waals surface area (Å²) in [6, 6.07) is 1.92. The minimum atomic E-state index is 0.660. The van der Waals surface area contributed by atoms with E-state index in [0.29, 0.717) is 23.4 Å². The molecule has 0 unspecified atom stereocenters. The van der Waals surface area contributed by atoms with Crippen LogP contribution >= 0.6 is 0 Å². The highest BCUT2D eigenvalue weighted by Crippen LogP contribution is 2.22. The molecule has 1 aromatic rings. The molecule has 0 atom stereocenters. The summed E-state index contributed by atoms with van der Waals surface area (Å²) in [6.07, 6.45) is 3.44. The third-order valence-electron chi connectivity index (χ3n) is 3.09. The van der Waals surface area contributed by atoms with Gasteiger partial charge in [-0.15, -0.1) is 0 Å². The van der Waals surface area contributed by atoms with Crippen LogP contribution in [0.15, 0.2) is 18.5 Å². The van der Waals surface area contributed by atoms with Crippen molar-refractivity contribution in [2.75, 3.05) is 17.6 Å². The maximum atomic E-state index is 5.83. The number of hydrogen-bond donors (Lipinski definition) is 2. The maximum Gasteiger partial charge on any atom is 0.0736 e. The number of aromatic nitrogens is 1. The zero-order chi connectivity index (χ0) is 12.1. The molecule has 3 N–H and O–H groups in total. The number of nitrogens with two attached hydrogens (primary N) is 1. The highest BCUT2D eigenvalue weighted by Gasteiger charge is 2.17. The van der Waals surface area contributed by atoms with Crippen molar-refractivity contribution >= 4 is 11.4 Å². The number of pyridine rings is 1. The number of nitrogens with one attached hydrogen (secondary N) is 1. The molecule has 0 aromatic carbocycles. The zero-order valence-electron chi connectivity index (χ0n) is 10.7. The van der Waals surface area contributed by atoms with Crippen LogP contribution in [0.3, 0.4) is 0 Å². The normalized spacial score (nSPS) is 11.4. The Hall–Kier alpha value is -1.25. The highest BCUT2D eigenvalue weighted by atomic mass is 14.9. The highest BCUT2D eigenvalue weighted by molar-refractivity contribution is 5.64. The molecule has 1 rings (SSSR count). The van der Waals surface area contributed by atoms with E-state index in [1.54, 1.807) is 12.4 Å². The molecule has 0 spiro atoms. The fourth-order valence-electron chi connectivity index (χ4n) is 2.04. The van der Waals surface area contributed by atoms with Crippen molar-refractivity contribution in [2.24, 2.45) is 17.8 Å². The van der Waals surface area contributed by atoms with Gasteiger partial charge in [0, 0.05) is 12.7 Å². The van der Waals surface area contributed by atoms with E-state index in [1.807, 2.05) is 6.07 Å². The lowest BCUT2D eigenvalue weighted by atomic mass is 9.85. The first-order valence-corrected chi connectivity index (χ1v) is 5.95. The zero-order valence-corrected chi connectivity index (χ0v) is 10.7. The van der Waals surface area contributed by atoms with Crippen LogP contribution in [0.4, 0.5) is 11.4 Å². The first-order valence-electron chi connectivity index (χ1n) is 5.95. The summed E-state index contributed by atoms with van der Waals surface area (Å²) in [5.41, 5.74) is 7.54. The van der Waals surface area contributed by atoms with Crippen LogP contribution in [-0.4, -0.2) is 11.5 Å². The van der Waals surface area contributed by atoms with Crippen LogP contribution in [0.1, 0.15) is 27.7 Å². The fraction of sp³-hybridized carbons (Fsp3) is 0.615. The second kappa shape index (κ2) is 5.73. The third-order valence-corrected chi connectivity index (χ3v) is 3.09. The van der Waals surface area contributed by atoms with Gasteiger partial charge in [0.05, 0.1) is 17.6 Å². The Bertz CT molecular complexity index is 313. The minimum Gasteiger partial charge on any atom is -0.396 e. The van der Waals surface area contributed by atoms with Crippen molar-refractivity contribution in [1.29, 1.82) is 0 Å². The van der Waals surface area contributed by atoms with E-state index in [2.05, 4.69) is 38.0 Å². The van der Waals surface area contributed by atoms with Gasteiger partial charge in [-0.3, -0.25) is 4.98 Å². The number of rotatable bonds is 5. The largest absolute Gasteiger partial charge is 0.396 e. The van der Waals surface area contributed by atoms with Gasteiger partial charge in [0.1, 0.15) is 0 Å². The van der Waals surface area contributed by atoms with Gasteiger partial charge in [0.15, 0.2) is 0 Å². The average Bonchev–Trinajstić information content (AvgIpc) is 2.20. The maximum absolute atomic E-state index is 5.83. The van der Waals surface area contributed by atoms with E-state index in [9.17, 15) is 0 Å². The van der Waals surface area contributed by atoms with E-state index in [1.165, 1.54) is 0 Å². The summed E-state index contributed by atoms with van der Waals surface area (Å²) < 4.78 is 0. The topological polar surface area (TPSA) is 50.9 Å². The van der Waals surface area contributed by atoms with Gasteiger partial charge in [0.25, 0.3) is 0 Å². The summed E-state index contributed by atoms with van der Waals surface area (Å²) in [7, 11) is 0. The summed E-state index contributed by atoms with van der Waals surface area (Å²) in [4.78, 5) is 3.98. The average molecular weight is 221 g/mol. The second-order valence-corrected chi connectivity index (χ2v) is 5.00. The summed E-state index contributed by atoms with van der Waals surface area (Å²) >= 11 is 0. The first-order chi connectivity index (χ1) is 7.52. The molecule has 0 aliphatic carbocycles. The molecule has 90 valence electrons. The van der Waals surface area contributed by atoms with E-state index < -0.39 is 0 Å². The molecule has 0 amide bonds. The summed E-state index contributed by atoms with van der Waals surface area (Å²) in [5, 5.41) is 3.41. The Labute approximate surface area is 98.5 Å². The van der Waals surface area contributed by atoms with Crippen molar-refractivity contribution < 1.29 is 0 Å². The molecule has 0 aliphatic rings. The molecule has 0 aliphatic heterocycles. The SMILES string of the molecule is CC(C)C(CNc1ccncc1N)C(C)C. The molecule has 0 saturated heterocycles. The lowest BCUT2D eigenvalue weighted by Crippen LogP contribution is -2.24. The third kappa shape index (κ3) is 3.40. The minimum absolute atomic E-state index is 0.660. The Kier molecular flexibility index (Phi) is 4.59. The molecule has 0 fully saturated rings. The van der Waals surface area contributed by atoms with Crippen molar-refractivity contribution in [3.63, 3.8) is 0 Å². The van der Waals surface area contributed by atoms with E-state index in [-0.39, 0.29) is 0 Å². The Morgan fingerprint density at radius 1 is 1.25 bits per heavy atom. The number of nitrogen functional groups attached to an aromatic ring is 1. The van der Waals surface area contributed by atoms with Crippen molar-refractivity contribution in [1.82, 2.24) is 4.98 Å². The first kappa shape index (κ1) is 12.8. The van der Waals surface area contributed by atoms with Gasteiger partial charge in [-0.2, -0.15) is 0 Å². The van der Waals surface area contributed by atoms with Gasteiger partial charge < -0.3 is 11.1 Å². The van der Waals surface area contributed by atoms with E-state index >= 15 is 0 Å². The van der Waals surface area contributed by atoms with Crippen LogP contribution < -0.4 is 11.1 Å².